The zero-order valence-electron chi connectivity index (χ0n) is 8.82. The molecule has 0 aliphatic carbocycles. The van der Waals surface area contributed by atoms with Crippen molar-refractivity contribution in [1.29, 1.82) is 0 Å². The van der Waals surface area contributed by atoms with Gasteiger partial charge in [0.15, 0.2) is 11.5 Å². The van der Waals surface area contributed by atoms with Gasteiger partial charge < -0.3 is 14.8 Å². The van der Waals surface area contributed by atoms with Crippen molar-refractivity contribution < 1.29 is 9.47 Å². The third-order valence-electron chi connectivity index (χ3n) is 2.29. The summed E-state index contributed by atoms with van der Waals surface area (Å²) in [4.78, 5) is 0. The Labute approximate surface area is 89.7 Å². The van der Waals surface area contributed by atoms with Gasteiger partial charge in [0.1, 0.15) is 0 Å². The van der Waals surface area contributed by atoms with Crippen molar-refractivity contribution in [3.05, 3.63) is 35.9 Å². The molecule has 3 nitrogen and oxygen atoms in total. The molecule has 80 valence electrons. The molecule has 1 aliphatic rings. The van der Waals surface area contributed by atoms with Gasteiger partial charge in [0.25, 0.3) is 0 Å². The van der Waals surface area contributed by atoms with E-state index in [1.807, 2.05) is 25.1 Å². The molecule has 0 unspecified atom stereocenters. The van der Waals surface area contributed by atoms with Gasteiger partial charge in [-0.3, -0.25) is 0 Å². The molecule has 0 radical (unpaired) electrons. The molecule has 1 N–H and O–H groups in total. The van der Waals surface area contributed by atoms with E-state index in [9.17, 15) is 0 Å². The highest BCUT2D eigenvalue weighted by Crippen LogP contribution is 2.34. The Morgan fingerprint density at radius 1 is 1.40 bits per heavy atom. The molecule has 0 amide bonds. The molecule has 1 heterocycles. The molecule has 0 saturated carbocycles. The van der Waals surface area contributed by atoms with Crippen molar-refractivity contribution in [3.8, 4) is 11.5 Å². The van der Waals surface area contributed by atoms with Crippen LogP contribution in [-0.4, -0.2) is 13.3 Å². The Hall–Kier alpha value is -1.48. The molecule has 1 aromatic carbocycles. The van der Waals surface area contributed by atoms with Gasteiger partial charge in [0.05, 0.1) is 0 Å². The van der Waals surface area contributed by atoms with Gasteiger partial charge in [0.2, 0.25) is 6.79 Å². The highest BCUT2D eigenvalue weighted by molar-refractivity contribution is 5.48. The molecule has 0 fully saturated rings. The van der Waals surface area contributed by atoms with Crippen LogP contribution in [0, 0.1) is 0 Å². The summed E-state index contributed by atoms with van der Waals surface area (Å²) in [7, 11) is 0. The van der Waals surface area contributed by atoms with Crippen LogP contribution in [0.5, 0.6) is 11.5 Å². The van der Waals surface area contributed by atoms with Crippen molar-refractivity contribution in [2.45, 2.75) is 13.5 Å². The van der Waals surface area contributed by atoms with Crippen molar-refractivity contribution >= 4 is 0 Å². The van der Waals surface area contributed by atoms with E-state index >= 15 is 0 Å². The van der Waals surface area contributed by atoms with Crippen molar-refractivity contribution in [2.75, 3.05) is 13.3 Å². The van der Waals surface area contributed by atoms with Crippen LogP contribution in [0.4, 0.5) is 0 Å². The number of fused-ring (bicyclic) bond motifs is 1. The first-order valence-electron chi connectivity index (χ1n) is 5.11. The number of nitrogens with one attached hydrogen (secondary N) is 1. The minimum atomic E-state index is 0.335. The lowest BCUT2D eigenvalue weighted by Gasteiger charge is -2.05. The minimum absolute atomic E-state index is 0.335. The van der Waals surface area contributed by atoms with Crippen molar-refractivity contribution in [3.63, 3.8) is 0 Å². The molecule has 0 spiro atoms. The average Bonchev–Trinajstić information content (AvgIpc) is 2.73. The molecular formula is C12H15NO2. The maximum Gasteiger partial charge on any atom is 0.231 e. The molecule has 15 heavy (non-hydrogen) atoms. The van der Waals surface area contributed by atoms with E-state index in [2.05, 4.69) is 17.5 Å². The number of rotatable bonds is 4. The smallest absolute Gasteiger partial charge is 0.231 e. The van der Waals surface area contributed by atoms with Crippen LogP contribution in [0.2, 0.25) is 0 Å². The Bertz CT molecular complexity index is 361. The Balaban J connectivity index is 1.99. The van der Waals surface area contributed by atoms with Gasteiger partial charge in [0, 0.05) is 18.7 Å². The Kier molecular flexibility index (Phi) is 3.25. The highest BCUT2D eigenvalue weighted by atomic mass is 16.7. The number of hydrogen-bond acceptors (Lipinski definition) is 3. The predicted molar refractivity (Wildman–Crippen MR) is 59.1 cm³/mol. The second-order valence-electron chi connectivity index (χ2n) is 3.35. The number of hydrogen-bond donors (Lipinski definition) is 1. The fourth-order valence-electron chi connectivity index (χ4n) is 1.54. The van der Waals surface area contributed by atoms with Gasteiger partial charge in [-0.25, -0.2) is 0 Å². The van der Waals surface area contributed by atoms with E-state index in [0.29, 0.717) is 6.79 Å². The number of benzene rings is 1. The monoisotopic (exact) mass is 205 g/mol. The summed E-state index contributed by atoms with van der Waals surface area (Å²) in [5, 5.41) is 3.31. The van der Waals surface area contributed by atoms with Gasteiger partial charge in [-0.15, -0.1) is 0 Å². The molecule has 0 aromatic heterocycles. The normalized spacial score (nSPS) is 13.7. The van der Waals surface area contributed by atoms with Crippen LogP contribution < -0.4 is 14.8 Å². The molecule has 3 heteroatoms. The standard InChI is InChI=1S/C12H15NO2/c1-2-3-7-13-8-10-5-4-6-11-12(10)15-9-14-11/h2-6,13H,7-9H2,1H3/b3-2+. The summed E-state index contributed by atoms with van der Waals surface area (Å²) in [6, 6.07) is 5.97. The van der Waals surface area contributed by atoms with E-state index in [0.717, 1.165) is 30.2 Å². The number of ether oxygens (including phenoxy) is 2. The van der Waals surface area contributed by atoms with Crippen LogP contribution in [0.15, 0.2) is 30.4 Å². The van der Waals surface area contributed by atoms with Crippen molar-refractivity contribution in [1.82, 2.24) is 5.32 Å². The second kappa shape index (κ2) is 4.84. The Morgan fingerprint density at radius 2 is 2.33 bits per heavy atom. The van der Waals surface area contributed by atoms with Crippen molar-refractivity contribution in [2.24, 2.45) is 0 Å². The molecule has 2 rings (SSSR count). The molecule has 0 atom stereocenters. The summed E-state index contributed by atoms with van der Waals surface area (Å²) in [6.07, 6.45) is 4.11. The molecule has 1 aliphatic heterocycles. The van der Waals surface area contributed by atoms with E-state index in [-0.39, 0.29) is 0 Å². The average molecular weight is 205 g/mol. The van der Waals surface area contributed by atoms with Gasteiger partial charge >= 0.3 is 0 Å². The van der Waals surface area contributed by atoms with E-state index in [1.165, 1.54) is 0 Å². The SMILES string of the molecule is C/C=C/CNCc1cccc2c1OCO2. The molecule has 0 bridgehead atoms. The first-order valence-corrected chi connectivity index (χ1v) is 5.11. The van der Waals surface area contributed by atoms with Crippen LogP contribution >= 0.6 is 0 Å². The van der Waals surface area contributed by atoms with Crippen LogP contribution in [0.3, 0.4) is 0 Å². The molecule has 1 aromatic rings. The predicted octanol–water partition coefficient (Wildman–Crippen LogP) is 2.08. The second-order valence-corrected chi connectivity index (χ2v) is 3.35. The van der Waals surface area contributed by atoms with Crippen LogP contribution in [-0.2, 0) is 6.54 Å². The number of allylic oxidation sites excluding steroid dienone is 1. The van der Waals surface area contributed by atoms with Crippen LogP contribution in [0.25, 0.3) is 0 Å². The number of para-hydroxylation sites is 1. The summed E-state index contributed by atoms with van der Waals surface area (Å²) >= 11 is 0. The summed E-state index contributed by atoms with van der Waals surface area (Å²) in [5.74, 6) is 1.73. The summed E-state index contributed by atoms with van der Waals surface area (Å²) < 4.78 is 10.7. The van der Waals surface area contributed by atoms with E-state index in [4.69, 9.17) is 9.47 Å². The molecular weight excluding hydrogens is 190 g/mol. The molecule has 0 saturated heterocycles. The lowest BCUT2D eigenvalue weighted by atomic mass is 10.2. The third-order valence-corrected chi connectivity index (χ3v) is 2.29. The summed E-state index contributed by atoms with van der Waals surface area (Å²) in [5.41, 5.74) is 1.15. The first-order chi connectivity index (χ1) is 7.42. The highest BCUT2D eigenvalue weighted by Gasteiger charge is 2.16. The lowest BCUT2D eigenvalue weighted by Crippen LogP contribution is -2.13. The largest absolute Gasteiger partial charge is 0.454 e. The zero-order chi connectivity index (χ0) is 10.5. The third kappa shape index (κ3) is 2.30. The van der Waals surface area contributed by atoms with Gasteiger partial charge in [-0.2, -0.15) is 0 Å². The maximum absolute atomic E-state index is 5.41. The fourth-order valence-corrected chi connectivity index (χ4v) is 1.54. The quantitative estimate of drug-likeness (QED) is 0.603. The summed E-state index contributed by atoms with van der Waals surface area (Å²) in [6.45, 7) is 4.03. The van der Waals surface area contributed by atoms with E-state index < -0.39 is 0 Å². The maximum atomic E-state index is 5.41. The topological polar surface area (TPSA) is 30.5 Å². The van der Waals surface area contributed by atoms with E-state index in [1.54, 1.807) is 0 Å². The first kappa shape index (κ1) is 10.1. The zero-order valence-corrected chi connectivity index (χ0v) is 8.82. The van der Waals surface area contributed by atoms with Gasteiger partial charge in [-0.1, -0.05) is 24.3 Å². The Morgan fingerprint density at radius 3 is 3.20 bits per heavy atom. The lowest BCUT2D eigenvalue weighted by molar-refractivity contribution is 0.173. The van der Waals surface area contributed by atoms with Gasteiger partial charge in [-0.05, 0) is 13.0 Å². The minimum Gasteiger partial charge on any atom is -0.454 e. The fraction of sp³-hybridized carbons (Fsp3) is 0.333. The van der Waals surface area contributed by atoms with Crippen LogP contribution in [0.1, 0.15) is 12.5 Å².